The van der Waals surface area contributed by atoms with Gasteiger partial charge in [0.15, 0.2) is 5.82 Å². The van der Waals surface area contributed by atoms with Crippen LogP contribution in [0, 0.1) is 6.92 Å². The molecule has 0 unspecified atom stereocenters. The largest absolute Gasteiger partial charge is 0.396 e. The predicted molar refractivity (Wildman–Crippen MR) is 105 cm³/mol. The van der Waals surface area contributed by atoms with E-state index in [0.29, 0.717) is 12.4 Å². The van der Waals surface area contributed by atoms with Gasteiger partial charge in [-0.25, -0.2) is 9.97 Å². The third-order valence-corrected chi connectivity index (χ3v) is 5.44. The number of hydrogen-bond donors (Lipinski definition) is 0. The lowest BCUT2D eigenvalue weighted by Gasteiger charge is -2.15. The highest BCUT2D eigenvalue weighted by Gasteiger charge is 2.23. The Hall–Kier alpha value is -2.74. The average molecular weight is 380 g/mol. The Morgan fingerprint density at radius 3 is 2.96 bits per heavy atom. The number of aromatic nitrogens is 5. The van der Waals surface area contributed by atoms with Crippen LogP contribution in [0.5, 0.6) is 0 Å². The number of rotatable bonds is 5. The molecule has 3 aromatic rings. The maximum Gasteiger partial charge on any atom is 0.194 e. The van der Waals surface area contributed by atoms with Crippen LogP contribution < -0.4 is 0 Å². The molecule has 0 saturated carbocycles. The van der Waals surface area contributed by atoms with Crippen LogP contribution in [0.1, 0.15) is 43.3 Å². The van der Waals surface area contributed by atoms with Crippen LogP contribution in [0.25, 0.3) is 21.3 Å². The van der Waals surface area contributed by atoms with E-state index in [4.69, 9.17) is 9.82 Å². The molecule has 0 bridgehead atoms. The van der Waals surface area contributed by atoms with E-state index in [9.17, 15) is 0 Å². The van der Waals surface area contributed by atoms with Gasteiger partial charge >= 0.3 is 0 Å². The van der Waals surface area contributed by atoms with E-state index in [0.717, 1.165) is 63.9 Å². The number of aryl methyl sites for hydroxylation is 2. The first-order valence-corrected chi connectivity index (χ1v) is 9.89. The lowest BCUT2D eigenvalue weighted by atomic mass is 9.99. The fraction of sp³-hybridized carbons (Fsp3) is 0.368. The zero-order valence-corrected chi connectivity index (χ0v) is 16.2. The van der Waals surface area contributed by atoms with Gasteiger partial charge in [-0.3, -0.25) is 4.98 Å². The highest BCUT2D eigenvalue weighted by molar-refractivity contribution is 7.18. The lowest BCUT2D eigenvalue weighted by molar-refractivity contribution is 0.144. The summed E-state index contributed by atoms with van der Waals surface area (Å²) in [5.74, 6) is 0.587. The molecule has 0 atom stereocenters. The number of fused-ring (bicyclic) bond motifs is 1. The van der Waals surface area contributed by atoms with Crippen molar-refractivity contribution >= 4 is 17.0 Å². The van der Waals surface area contributed by atoms with E-state index in [1.165, 1.54) is 0 Å². The second-order valence-corrected chi connectivity index (χ2v) is 7.33. The minimum Gasteiger partial charge on any atom is -0.396 e. The molecule has 8 heteroatoms. The van der Waals surface area contributed by atoms with Gasteiger partial charge in [-0.05, 0) is 44.7 Å². The predicted octanol–water partition coefficient (Wildman–Crippen LogP) is 3.83. The van der Waals surface area contributed by atoms with E-state index in [-0.39, 0.29) is 0 Å². The summed E-state index contributed by atoms with van der Waals surface area (Å²) in [5, 5.41) is 14.0. The van der Waals surface area contributed by atoms with Crippen LogP contribution in [-0.4, -0.2) is 37.5 Å². The van der Waals surface area contributed by atoms with E-state index < -0.39 is 0 Å². The summed E-state index contributed by atoms with van der Waals surface area (Å²) in [6.45, 7) is 4.63. The molecule has 138 valence electrons. The summed E-state index contributed by atoms with van der Waals surface area (Å²) >= 11 is 1.55. The van der Waals surface area contributed by atoms with E-state index in [2.05, 4.69) is 32.2 Å². The minimum atomic E-state index is 0.587. The third kappa shape index (κ3) is 3.71. The molecule has 3 heterocycles. The van der Waals surface area contributed by atoms with Gasteiger partial charge in [0.25, 0.3) is 0 Å². The first kappa shape index (κ1) is 17.7. The van der Waals surface area contributed by atoms with Crippen molar-refractivity contribution in [1.29, 1.82) is 0 Å². The van der Waals surface area contributed by atoms with Gasteiger partial charge in [0.2, 0.25) is 0 Å². The second kappa shape index (κ2) is 7.87. The Kier molecular flexibility index (Phi) is 5.15. The summed E-state index contributed by atoms with van der Waals surface area (Å²) in [6.07, 6.45) is 7.19. The number of pyridine rings is 1. The molecule has 0 fully saturated rings. The summed E-state index contributed by atoms with van der Waals surface area (Å²) in [4.78, 5) is 19.9. The maximum atomic E-state index is 5.39. The fourth-order valence-corrected chi connectivity index (χ4v) is 3.89. The van der Waals surface area contributed by atoms with Gasteiger partial charge in [-0.15, -0.1) is 16.4 Å². The van der Waals surface area contributed by atoms with Crippen molar-refractivity contribution < 1.29 is 4.84 Å². The zero-order chi connectivity index (χ0) is 18.6. The Morgan fingerprint density at radius 2 is 2.15 bits per heavy atom. The monoisotopic (exact) mass is 380 g/mol. The van der Waals surface area contributed by atoms with Crippen LogP contribution in [0.3, 0.4) is 0 Å². The molecule has 0 N–H and O–H groups in total. The molecule has 0 saturated heterocycles. The van der Waals surface area contributed by atoms with Crippen molar-refractivity contribution in [3.63, 3.8) is 0 Å². The second-order valence-electron chi connectivity index (χ2n) is 6.33. The van der Waals surface area contributed by atoms with Crippen LogP contribution >= 0.6 is 11.3 Å². The van der Waals surface area contributed by atoms with Crippen molar-refractivity contribution in [3.05, 3.63) is 41.6 Å². The molecule has 27 heavy (non-hydrogen) atoms. The molecule has 0 spiro atoms. The minimum absolute atomic E-state index is 0.587. The fourth-order valence-electron chi connectivity index (χ4n) is 2.91. The van der Waals surface area contributed by atoms with Crippen molar-refractivity contribution in [3.8, 4) is 21.3 Å². The summed E-state index contributed by atoms with van der Waals surface area (Å²) in [7, 11) is 0. The number of thiazole rings is 1. The highest BCUT2D eigenvalue weighted by atomic mass is 32.1. The Labute approximate surface area is 161 Å². The van der Waals surface area contributed by atoms with Gasteiger partial charge < -0.3 is 4.84 Å². The van der Waals surface area contributed by atoms with Crippen LogP contribution in [-0.2, 0) is 11.3 Å². The third-order valence-electron chi connectivity index (χ3n) is 4.24. The summed E-state index contributed by atoms with van der Waals surface area (Å²) in [6, 6.07) is 3.90. The van der Waals surface area contributed by atoms with Crippen molar-refractivity contribution in [2.75, 3.05) is 6.61 Å². The molecule has 3 aromatic heterocycles. The molecule has 0 aromatic carbocycles. The molecule has 0 amide bonds. The molecule has 4 rings (SSSR count). The quantitative estimate of drug-likeness (QED) is 0.494. The first-order valence-electron chi connectivity index (χ1n) is 9.07. The van der Waals surface area contributed by atoms with Crippen LogP contribution in [0.15, 0.2) is 29.7 Å². The van der Waals surface area contributed by atoms with Crippen molar-refractivity contribution in [1.82, 2.24) is 25.1 Å². The standard InChI is InChI=1S/C19H20N6OS/c1-3-10-26-25-15-8-4-7-14-16(15)22-18(24-23-14)17-12(2)21-19(27-17)13-6-5-9-20-11-13/h5-6,9,11H,3-4,7-8,10H2,1-2H3/b25-15+. The zero-order valence-electron chi connectivity index (χ0n) is 15.3. The van der Waals surface area contributed by atoms with E-state index in [1.54, 1.807) is 17.5 Å². The normalized spacial score (nSPS) is 15.0. The molecule has 0 aliphatic heterocycles. The number of hydrogen-bond acceptors (Lipinski definition) is 8. The maximum absolute atomic E-state index is 5.39. The Balaban J connectivity index is 1.71. The van der Waals surface area contributed by atoms with Gasteiger partial charge in [0.1, 0.15) is 23.0 Å². The molecular weight excluding hydrogens is 360 g/mol. The highest BCUT2D eigenvalue weighted by Crippen LogP contribution is 2.33. The van der Waals surface area contributed by atoms with Crippen LogP contribution in [0.2, 0.25) is 0 Å². The van der Waals surface area contributed by atoms with Crippen molar-refractivity contribution in [2.45, 2.75) is 39.5 Å². The molecular formula is C19H20N6OS. The van der Waals surface area contributed by atoms with Gasteiger partial charge in [0.05, 0.1) is 16.3 Å². The molecule has 0 radical (unpaired) electrons. The van der Waals surface area contributed by atoms with Gasteiger partial charge in [0, 0.05) is 18.0 Å². The topological polar surface area (TPSA) is 86.0 Å². The summed E-state index contributed by atoms with van der Waals surface area (Å²) in [5.41, 5.74) is 4.42. The summed E-state index contributed by atoms with van der Waals surface area (Å²) < 4.78 is 0. The van der Waals surface area contributed by atoms with E-state index in [1.807, 2.05) is 25.3 Å². The molecule has 1 aliphatic carbocycles. The van der Waals surface area contributed by atoms with Gasteiger partial charge in [-0.1, -0.05) is 12.1 Å². The molecule has 7 nitrogen and oxygen atoms in total. The number of nitrogens with zero attached hydrogens (tertiary/aromatic N) is 6. The Bertz CT molecular complexity index is 970. The molecule has 1 aliphatic rings. The van der Waals surface area contributed by atoms with Crippen LogP contribution in [0.4, 0.5) is 0 Å². The smallest absolute Gasteiger partial charge is 0.194 e. The van der Waals surface area contributed by atoms with E-state index >= 15 is 0 Å². The SMILES string of the molecule is CCCO/N=C1\CCCc2nnc(-c3sc(-c4cccnc4)nc3C)nc21. The Morgan fingerprint density at radius 1 is 1.22 bits per heavy atom. The van der Waals surface area contributed by atoms with Crippen molar-refractivity contribution in [2.24, 2.45) is 5.16 Å². The first-order chi connectivity index (χ1) is 13.3. The lowest BCUT2D eigenvalue weighted by Crippen LogP contribution is -2.18. The number of oxime groups is 1. The average Bonchev–Trinajstić information content (AvgIpc) is 3.10. The van der Waals surface area contributed by atoms with Gasteiger partial charge in [-0.2, -0.15) is 5.10 Å².